The van der Waals surface area contributed by atoms with Gasteiger partial charge in [0, 0.05) is 12.1 Å². The molecule has 1 amide bonds. The number of ether oxygens (including phenoxy) is 2. The number of hydrogen-bond donors (Lipinski definition) is 2. The topological polar surface area (TPSA) is 81.2 Å². The zero-order chi connectivity index (χ0) is 19.0. The monoisotopic (exact) mass is 422 g/mol. The molecule has 1 unspecified atom stereocenters. The van der Waals surface area contributed by atoms with E-state index < -0.39 is 6.04 Å². The molecule has 1 aromatic carbocycles. The lowest BCUT2D eigenvalue weighted by molar-refractivity contribution is -0.118. The van der Waals surface area contributed by atoms with Crippen LogP contribution in [0.25, 0.3) is 10.7 Å². The average molecular weight is 423 g/mol. The molecule has 2 N–H and O–H groups in total. The molecular formula is C17H15ClN4O3S2. The molecule has 0 fully saturated rings. The molecule has 0 aliphatic carbocycles. The standard InChI is InChI=1S/C17H15ClN4O3S2/c1-9(22-15(20-21-17(22)26)14-3-2-6-27-14)16(23)19-11-8-13-12(7-10(11)18)24-4-5-25-13/h2-3,6-9H,4-5H2,1H3,(H,19,23)(H,21,26). The van der Waals surface area contributed by atoms with Gasteiger partial charge < -0.3 is 14.8 Å². The fraction of sp³-hybridized carbons (Fsp3) is 0.235. The van der Waals surface area contributed by atoms with Gasteiger partial charge in [-0.2, -0.15) is 5.10 Å². The minimum atomic E-state index is -0.599. The number of rotatable bonds is 4. The summed E-state index contributed by atoms with van der Waals surface area (Å²) in [6, 6.07) is 6.54. The van der Waals surface area contributed by atoms with Crippen molar-refractivity contribution in [2.75, 3.05) is 18.5 Å². The Balaban J connectivity index is 1.61. The number of benzene rings is 1. The number of fused-ring (bicyclic) bond motifs is 1. The van der Waals surface area contributed by atoms with E-state index in [0.29, 0.717) is 46.0 Å². The number of nitrogens with zero attached hydrogens (tertiary/aromatic N) is 2. The fourth-order valence-corrected chi connectivity index (χ4v) is 3.96. The van der Waals surface area contributed by atoms with Crippen molar-refractivity contribution >= 4 is 46.8 Å². The van der Waals surface area contributed by atoms with Crippen LogP contribution < -0.4 is 14.8 Å². The number of carbonyl (C=O) groups excluding carboxylic acids is 1. The summed E-state index contributed by atoms with van der Waals surface area (Å²) >= 11 is 13.1. The van der Waals surface area contributed by atoms with Gasteiger partial charge in [0.25, 0.3) is 0 Å². The van der Waals surface area contributed by atoms with Crippen LogP contribution in [0.2, 0.25) is 5.02 Å². The third kappa shape index (κ3) is 3.45. The highest BCUT2D eigenvalue weighted by Gasteiger charge is 2.23. The van der Waals surface area contributed by atoms with Crippen LogP contribution in [0.1, 0.15) is 13.0 Å². The van der Waals surface area contributed by atoms with Gasteiger partial charge in [-0.05, 0) is 30.6 Å². The molecule has 1 aliphatic rings. The van der Waals surface area contributed by atoms with E-state index in [1.54, 1.807) is 23.6 Å². The summed E-state index contributed by atoms with van der Waals surface area (Å²) in [7, 11) is 0. The first kappa shape index (κ1) is 18.0. The number of carbonyl (C=O) groups is 1. The molecule has 0 spiro atoms. The number of aromatic nitrogens is 3. The Kier molecular flexibility index (Phi) is 4.90. The maximum absolute atomic E-state index is 12.9. The minimum Gasteiger partial charge on any atom is -0.486 e. The van der Waals surface area contributed by atoms with E-state index in [0.717, 1.165) is 4.88 Å². The second-order valence-corrected chi connectivity index (χ2v) is 7.58. The van der Waals surface area contributed by atoms with Crippen LogP contribution >= 0.6 is 35.2 Å². The zero-order valence-corrected chi connectivity index (χ0v) is 16.6. The normalized spacial score (nSPS) is 14.0. The van der Waals surface area contributed by atoms with Crippen LogP contribution in [0.4, 0.5) is 5.69 Å². The molecular weight excluding hydrogens is 408 g/mol. The van der Waals surface area contributed by atoms with Gasteiger partial charge in [-0.15, -0.1) is 11.3 Å². The van der Waals surface area contributed by atoms with Crippen molar-refractivity contribution in [3.63, 3.8) is 0 Å². The summed E-state index contributed by atoms with van der Waals surface area (Å²) < 4.78 is 13.1. The van der Waals surface area contributed by atoms with E-state index in [1.165, 1.54) is 11.3 Å². The van der Waals surface area contributed by atoms with Gasteiger partial charge >= 0.3 is 0 Å². The van der Waals surface area contributed by atoms with Gasteiger partial charge in [-0.3, -0.25) is 14.5 Å². The van der Waals surface area contributed by atoms with Crippen LogP contribution in [-0.2, 0) is 4.79 Å². The van der Waals surface area contributed by atoms with Gasteiger partial charge in [0.1, 0.15) is 19.3 Å². The van der Waals surface area contributed by atoms with Crippen LogP contribution in [0.5, 0.6) is 11.5 Å². The number of nitrogens with one attached hydrogen (secondary N) is 2. The second kappa shape index (κ2) is 7.34. The van der Waals surface area contributed by atoms with Gasteiger partial charge in [-0.1, -0.05) is 17.7 Å². The first-order chi connectivity index (χ1) is 13.0. The number of amides is 1. The fourth-order valence-electron chi connectivity index (χ4n) is 2.76. The van der Waals surface area contributed by atoms with Gasteiger partial charge in [-0.25, -0.2) is 0 Å². The number of H-pyrrole nitrogens is 1. The summed E-state index contributed by atoms with van der Waals surface area (Å²) in [6.07, 6.45) is 0. The highest BCUT2D eigenvalue weighted by Crippen LogP contribution is 2.38. The van der Waals surface area contributed by atoms with E-state index in [1.807, 2.05) is 17.5 Å². The summed E-state index contributed by atoms with van der Waals surface area (Å²) in [5.74, 6) is 1.46. The molecule has 0 bridgehead atoms. The van der Waals surface area contributed by atoms with E-state index in [4.69, 9.17) is 33.3 Å². The van der Waals surface area contributed by atoms with E-state index in [9.17, 15) is 4.79 Å². The van der Waals surface area contributed by atoms with E-state index in [2.05, 4.69) is 15.5 Å². The van der Waals surface area contributed by atoms with Crippen molar-refractivity contribution < 1.29 is 14.3 Å². The molecule has 2 aromatic heterocycles. The maximum atomic E-state index is 12.9. The molecule has 0 radical (unpaired) electrons. The predicted octanol–water partition coefficient (Wildman–Crippen LogP) is 4.29. The summed E-state index contributed by atoms with van der Waals surface area (Å²) in [4.78, 5) is 13.8. The number of anilines is 1. The van der Waals surface area contributed by atoms with Gasteiger partial charge in [0.15, 0.2) is 22.1 Å². The SMILES string of the molecule is CC(C(=O)Nc1cc2c(cc1Cl)OCCO2)n1c(-c2cccs2)n[nH]c1=S. The van der Waals surface area contributed by atoms with Crippen molar-refractivity contribution in [2.24, 2.45) is 0 Å². The summed E-state index contributed by atoms with van der Waals surface area (Å²) in [5.41, 5.74) is 0.449. The highest BCUT2D eigenvalue weighted by molar-refractivity contribution is 7.71. The molecule has 3 heterocycles. The Bertz CT molecular complexity index is 1050. The Morgan fingerprint density at radius 3 is 2.85 bits per heavy atom. The lowest BCUT2D eigenvalue weighted by atomic mass is 10.2. The number of hydrogen-bond acceptors (Lipinski definition) is 6. The molecule has 10 heteroatoms. The van der Waals surface area contributed by atoms with Crippen molar-refractivity contribution in [1.29, 1.82) is 0 Å². The Hall–Kier alpha value is -2.36. The quantitative estimate of drug-likeness (QED) is 0.613. The number of halogens is 1. The molecule has 1 aliphatic heterocycles. The highest BCUT2D eigenvalue weighted by atomic mass is 35.5. The van der Waals surface area contributed by atoms with Crippen LogP contribution in [0.15, 0.2) is 29.6 Å². The van der Waals surface area contributed by atoms with Crippen LogP contribution in [0, 0.1) is 4.77 Å². The van der Waals surface area contributed by atoms with Crippen LogP contribution in [-0.4, -0.2) is 33.9 Å². The van der Waals surface area contributed by atoms with E-state index >= 15 is 0 Å². The van der Waals surface area contributed by atoms with Gasteiger partial charge in [0.2, 0.25) is 5.91 Å². The molecule has 4 rings (SSSR count). The lowest BCUT2D eigenvalue weighted by Crippen LogP contribution is -2.25. The molecule has 27 heavy (non-hydrogen) atoms. The molecule has 1 atom stereocenters. The third-order valence-corrected chi connectivity index (χ3v) is 5.57. The largest absolute Gasteiger partial charge is 0.486 e. The Labute approximate surface area is 168 Å². The average Bonchev–Trinajstić information content (AvgIpc) is 3.31. The first-order valence-corrected chi connectivity index (χ1v) is 9.82. The van der Waals surface area contributed by atoms with Crippen molar-refractivity contribution in [3.8, 4) is 22.2 Å². The van der Waals surface area contributed by atoms with Crippen molar-refractivity contribution in [3.05, 3.63) is 39.4 Å². The molecule has 7 nitrogen and oxygen atoms in total. The zero-order valence-electron chi connectivity index (χ0n) is 14.2. The predicted molar refractivity (Wildman–Crippen MR) is 107 cm³/mol. The lowest BCUT2D eigenvalue weighted by Gasteiger charge is -2.21. The Morgan fingerprint density at radius 1 is 1.41 bits per heavy atom. The molecule has 0 saturated heterocycles. The minimum absolute atomic E-state index is 0.274. The van der Waals surface area contributed by atoms with Crippen molar-refractivity contribution in [1.82, 2.24) is 14.8 Å². The second-order valence-electron chi connectivity index (χ2n) is 5.84. The third-order valence-electron chi connectivity index (χ3n) is 4.10. The smallest absolute Gasteiger partial charge is 0.247 e. The molecule has 0 saturated carbocycles. The van der Waals surface area contributed by atoms with Crippen molar-refractivity contribution in [2.45, 2.75) is 13.0 Å². The maximum Gasteiger partial charge on any atom is 0.247 e. The number of thiophene rings is 1. The summed E-state index contributed by atoms with van der Waals surface area (Å²) in [5, 5.41) is 12.2. The van der Waals surface area contributed by atoms with E-state index in [-0.39, 0.29) is 5.91 Å². The molecule has 3 aromatic rings. The first-order valence-electron chi connectivity index (χ1n) is 8.15. The summed E-state index contributed by atoms with van der Waals surface area (Å²) in [6.45, 7) is 2.67. The number of aromatic amines is 1. The van der Waals surface area contributed by atoms with Gasteiger partial charge in [0.05, 0.1) is 15.6 Å². The van der Waals surface area contributed by atoms with Crippen LogP contribution in [0.3, 0.4) is 0 Å². The Morgan fingerprint density at radius 2 is 2.15 bits per heavy atom. The molecule has 140 valence electrons.